The van der Waals surface area contributed by atoms with Crippen molar-refractivity contribution in [2.24, 2.45) is 0 Å². The van der Waals surface area contributed by atoms with E-state index < -0.39 is 5.97 Å². The number of benzene rings is 1. The molecule has 0 spiro atoms. The molecule has 1 aliphatic heterocycles. The number of esters is 1. The van der Waals surface area contributed by atoms with Crippen LogP contribution in [0, 0.1) is 0 Å². The molecule has 0 amide bonds. The number of carbonyl (C=O) groups excluding carboxylic acids is 1. The number of ether oxygens (including phenoxy) is 5. The quantitative estimate of drug-likeness (QED) is 0.410. The highest BCUT2D eigenvalue weighted by atomic mass is 16.7. The molecule has 2 rings (SSSR count). The molecule has 1 fully saturated rings. The van der Waals surface area contributed by atoms with Crippen molar-refractivity contribution in [2.45, 2.75) is 13.0 Å². The van der Waals surface area contributed by atoms with E-state index in [4.69, 9.17) is 23.7 Å². The van der Waals surface area contributed by atoms with Gasteiger partial charge in [-0.05, 0) is 25.1 Å². The van der Waals surface area contributed by atoms with Crippen LogP contribution >= 0.6 is 0 Å². The zero-order chi connectivity index (χ0) is 14.4. The summed E-state index contributed by atoms with van der Waals surface area (Å²) in [6.45, 7) is 3.28. The van der Waals surface area contributed by atoms with Gasteiger partial charge in [0, 0.05) is 7.11 Å². The lowest BCUT2D eigenvalue weighted by atomic mass is 10.2. The molecular weight excluding hydrogens is 264 g/mol. The maximum absolute atomic E-state index is 11.9. The molecule has 0 N–H and O–H groups in total. The minimum Gasteiger partial charge on any atom is -0.490 e. The van der Waals surface area contributed by atoms with Crippen LogP contribution in [-0.4, -0.2) is 45.8 Å². The monoisotopic (exact) mass is 282 g/mol. The normalized spacial score (nSPS) is 16.6. The van der Waals surface area contributed by atoms with Crippen LogP contribution in [0.2, 0.25) is 0 Å². The van der Waals surface area contributed by atoms with E-state index in [0.29, 0.717) is 36.9 Å². The fourth-order valence-electron chi connectivity index (χ4n) is 1.57. The Hall–Kier alpha value is -1.79. The Morgan fingerprint density at radius 1 is 1.40 bits per heavy atom. The van der Waals surface area contributed by atoms with Gasteiger partial charge in [-0.2, -0.15) is 0 Å². The SMILES string of the molecule is CCOC(=O)c1cc(OCOC)ccc1OCC1CO1. The minimum atomic E-state index is -0.443. The average Bonchev–Trinajstić information content (AvgIpc) is 3.27. The van der Waals surface area contributed by atoms with Crippen LogP contribution in [-0.2, 0) is 14.2 Å². The summed E-state index contributed by atoms with van der Waals surface area (Å²) >= 11 is 0. The molecule has 6 nitrogen and oxygen atoms in total. The van der Waals surface area contributed by atoms with Crippen molar-refractivity contribution >= 4 is 5.97 Å². The molecule has 1 unspecified atom stereocenters. The molecular formula is C14H18O6. The van der Waals surface area contributed by atoms with Crippen molar-refractivity contribution < 1.29 is 28.5 Å². The number of rotatable bonds is 8. The molecule has 0 aliphatic carbocycles. The largest absolute Gasteiger partial charge is 0.490 e. The lowest BCUT2D eigenvalue weighted by Crippen LogP contribution is -2.11. The molecule has 0 radical (unpaired) electrons. The highest BCUT2D eigenvalue weighted by molar-refractivity contribution is 5.93. The second kappa shape index (κ2) is 7.12. The van der Waals surface area contributed by atoms with E-state index in [1.807, 2.05) is 0 Å². The van der Waals surface area contributed by atoms with Gasteiger partial charge in [-0.1, -0.05) is 0 Å². The van der Waals surface area contributed by atoms with Gasteiger partial charge in [0.05, 0.1) is 13.2 Å². The molecule has 20 heavy (non-hydrogen) atoms. The molecule has 1 aromatic rings. The van der Waals surface area contributed by atoms with Gasteiger partial charge in [0.1, 0.15) is 29.8 Å². The standard InChI is InChI=1S/C14H18O6/c1-3-17-14(15)12-6-10(20-9-16-2)4-5-13(12)19-8-11-7-18-11/h4-6,11H,3,7-9H2,1-2H3. The van der Waals surface area contributed by atoms with Gasteiger partial charge in [-0.25, -0.2) is 4.79 Å². The Bertz CT molecular complexity index is 455. The summed E-state index contributed by atoms with van der Waals surface area (Å²) in [5.41, 5.74) is 0.334. The highest BCUT2D eigenvalue weighted by Gasteiger charge is 2.24. The molecule has 0 aromatic heterocycles. The van der Waals surface area contributed by atoms with Crippen LogP contribution < -0.4 is 9.47 Å². The van der Waals surface area contributed by atoms with Crippen molar-refractivity contribution in [3.63, 3.8) is 0 Å². The summed E-state index contributed by atoms with van der Waals surface area (Å²) in [7, 11) is 1.53. The number of hydrogen-bond acceptors (Lipinski definition) is 6. The molecule has 0 bridgehead atoms. The van der Waals surface area contributed by atoms with Crippen molar-refractivity contribution in [1.29, 1.82) is 0 Å². The summed E-state index contributed by atoms with van der Waals surface area (Å²) in [5.74, 6) is 0.538. The van der Waals surface area contributed by atoms with E-state index in [2.05, 4.69) is 0 Å². The van der Waals surface area contributed by atoms with Gasteiger partial charge in [0.25, 0.3) is 0 Å². The van der Waals surface area contributed by atoms with E-state index in [1.54, 1.807) is 25.1 Å². The average molecular weight is 282 g/mol. The second-order valence-electron chi connectivity index (χ2n) is 4.20. The van der Waals surface area contributed by atoms with Crippen LogP contribution in [0.4, 0.5) is 0 Å². The highest BCUT2D eigenvalue weighted by Crippen LogP contribution is 2.26. The third kappa shape index (κ3) is 4.11. The molecule has 1 aliphatic rings. The van der Waals surface area contributed by atoms with Gasteiger partial charge in [0.2, 0.25) is 0 Å². The second-order valence-corrected chi connectivity index (χ2v) is 4.20. The van der Waals surface area contributed by atoms with Crippen LogP contribution in [0.5, 0.6) is 11.5 Å². The number of methoxy groups -OCH3 is 1. The number of hydrogen-bond donors (Lipinski definition) is 0. The first kappa shape index (κ1) is 14.6. The van der Waals surface area contributed by atoms with E-state index in [1.165, 1.54) is 7.11 Å². The molecule has 110 valence electrons. The zero-order valence-electron chi connectivity index (χ0n) is 11.6. The van der Waals surface area contributed by atoms with Crippen molar-refractivity contribution in [3.05, 3.63) is 23.8 Å². The molecule has 1 heterocycles. The van der Waals surface area contributed by atoms with Gasteiger partial charge >= 0.3 is 5.97 Å². The van der Waals surface area contributed by atoms with Crippen LogP contribution in [0.1, 0.15) is 17.3 Å². The maximum atomic E-state index is 11.9. The van der Waals surface area contributed by atoms with E-state index >= 15 is 0 Å². The lowest BCUT2D eigenvalue weighted by molar-refractivity contribution is 0.0486. The van der Waals surface area contributed by atoms with Crippen molar-refractivity contribution in [3.8, 4) is 11.5 Å². The first-order valence-electron chi connectivity index (χ1n) is 6.42. The van der Waals surface area contributed by atoms with Crippen LogP contribution in [0.3, 0.4) is 0 Å². The van der Waals surface area contributed by atoms with E-state index in [0.717, 1.165) is 0 Å². The molecule has 1 saturated heterocycles. The van der Waals surface area contributed by atoms with E-state index in [-0.39, 0.29) is 12.9 Å². The Kier molecular flexibility index (Phi) is 5.20. The first-order chi connectivity index (χ1) is 9.74. The number of epoxide rings is 1. The molecule has 1 aromatic carbocycles. The molecule has 6 heteroatoms. The van der Waals surface area contributed by atoms with Gasteiger partial charge in [-0.3, -0.25) is 0 Å². The fourth-order valence-corrected chi connectivity index (χ4v) is 1.57. The predicted octanol–water partition coefficient (Wildman–Crippen LogP) is 1.62. The smallest absolute Gasteiger partial charge is 0.342 e. The lowest BCUT2D eigenvalue weighted by Gasteiger charge is -2.12. The van der Waals surface area contributed by atoms with Gasteiger partial charge in [0.15, 0.2) is 6.79 Å². The topological polar surface area (TPSA) is 66.5 Å². The maximum Gasteiger partial charge on any atom is 0.342 e. The van der Waals surface area contributed by atoms with Crippen LogP contribution in [0.25, 0.3) is 0 Å². The minimum absolute atomic E-state index is 0.110. The summed E-state index contributed by atoms with van der Waals surface area (Å²) in [6.07, 6.45) is 0.120. The van der Waals surface area contributed by atoms with Crippen molar-refractivity contribution in [2.75, 3.05) is 33.7 Å². The third-order valence-electron chi connectivity index (χ3n) is 2.62. The molecule has 1 atom stereocenters. The fraction of sp³-hybridized carbons (Fsp3) is 0.500. The summed E-state index contributed by atoms with van der Waals surface area (Å²) < 4.78 is 25.8. The summed E-state index contributed by atoms with van der Waals surface area (Å²) in [6, 6.07) is 4.98. The summed E-state index contributed by atoms with van der Waals surface area (Å²) in [4.78, 5) is 11.9. The Morgan fingerprint density at radius 3 is 2.85 bits per heavy atom. The Balaban J connectivity index is 2.12. The third-order valence-corrected chi connectivity index (χ3v) is 2.62. The van der Waals surface area contributed by atoms with Crippen LogP contribution in [0.15, 0.2) is 18.2 Å². The Labute approximate surface area is 117 Å². The predicted molar refractivity (Wildman–Crippen MR) is 70.1 cm³/mol. The molecule has 0 saturated carbocycles. The number of carbonyl (C=O) groups is 1. The zero-order valence-corrected chi connectivity index (χ0v) is 11.6. The van der Waals surface area contributed by atoms with Gasteiger partial charge < -0.3 is 23.7 Å². The Morgan fingerprint density at radius 2 is 2.20 bits per heavy atom. The van der Waals surface area contributed by atoms with Crippen molar-refractivity contribution in [1.82, 2.24) is 0 Å². The van der Waals surface area contributed by atoms with Gasteiger partial charge in [-0.15, -0.1) is 0 Å². The summed E-state index contributed by atoms with van der Waals surface area (Å²) in [5, 5.41) is 0. The van der Waals surface area contributed by atoms with E-state index in [9.17, 15) is 4.79 Å². The first-order valence-corrected chi connectivity index (χ1v) is 6.42.